The molecule has 6 nitrogen and oxygen atoms in total. The summed E-state index contributed by atoms with van der Waals surface area (Å²) in [7, 11) is 2.94. The van der Waals surface area contributed by atoms with Gasteiger partial charge in [-0.1, -0.05) is 12.1 Å². The van der Waals surface area contributed by atoms with Gasteiger partial charge in [0.1, 0.15) is 5.75 Å². The van der Waals surface area contributed by atoms with E-state index >= 15 is 0 Å². The molecule has 0 aromatic heterocycles. The summed E-state index contributed by atoms with van der Waals surface area (Å²) in [6, 6.07) is 10.5. The van der Waals surface area contributed by atoms with Gasteiger partial charge in [-0.3, -0.25) is 14.9 Å². The minimum absolute atomic E-state index is 0.0244. The van der Waals surface area contributed by atoms with Crippen LogP contribution in [0.3, 0.4) is 0 Å². The van der Waals surface area contributed by atoms with E-state index in [4.69, 9.17) is 9.47 Å². The molecule has 2 rings (SSSR count). The van der Waals surface area contributed by atoms with Crippen LogP contribution in [0, 0.1) is 0 Å². The minimum Gasteiger partial charge on any atom is -0.507 e. The molecule has 0 saturated carbocycles. The molecular formula is C16H15NO5. The maximum atomic E-state index is 12.1. The highest BCUT2D eigenvalue weighted by Gasteiger charge is 2.16. The SMILES string of the molecule is COc1ccc(C(=O)NC(=O)c2ccccc2O)cc1OC. The first kappa shape index (κ1) is 15.4. The molecule has 0 heterocycles. The van der Waals surface area contributed by atoms with E-state index < -0.39 is 11.8 Å². The van der Waals surface area contributed by atoms with Crippen molar-refractivity contribution in [1.29, 1.82) is 0 Å². The van der Waals surface area contributed by atoms with Crippen LogP contribution in [0.1, 0.15) is 20.7 Å². The van der Waals surface area contributed by atoms with Crippen molar-refractivity contribution >= 4 is 11.8 Å². The molecule has 0 fully saturated rings. The lowest BCUT2D eigenvalue weighted by Crippen LogP contribution is -2.30. The van der Waals surface area contributed by atoms with Crippen LogP contribution in [0.25, 0.3) is 0 Å². The number of methoxy groups -OCH3 is 2. The number of phenolic OH excluding ortho intramolecular Hbond substituents is 1. The molecule has 6 heteroatoms. The van der Waals surface area contributed by atoms with E-state index in [1.807, 2.05) is 0 Å². The number of benzene rings is 2. The zero-order valence-electron chi connectivity index (χ0n) is 12.1. The third-order valence-corrected chi connectivity index (χ3v) is 3.02. The number of imide groups is 1. The summed E-state index contributed by atoms with van der Waals surface area (Å²) >= 11 is 0. The number of para-hydroxylation sites is 1. The van der Waals surface area contributed by atoms with Crippen LogP contribution in [-0.2, 0) is 0 Å². The first-order chi connectivity index (χ1) is 10.6. The molecule has 0 radical (unpaired) electrons. The van der Waals surface area contributed by atoms with Crippen molar-refractivity contribution in [3.8, 4) is 17.2 Å². The van der Waals surface area contributed by atoms with Crippen LogP contribution >= 0.6 is 0 Å². The van der Waals surface area contributed by atoms with Gasteiger partial charge in [0.15, 0.2) is 11.5 Å². The van der Waals surface area contributed by atoms with Crippen LogP contribution in [0.5, 0.6) is 17.2 Å². The molecule has 0 aliphatic carbocycles. The second-order valence-corrected chi connectivity index (χ2v) is 4.37. The number of phenols is 1. The van der Waals surface area contributed by atoms with E-state index in [1.54, 1.807) is 18.2 Å². The molecule has 114 valence electrons. The molecule has 2 aromatic carbocycles. The van der Waals surface area contributed by atoms with Crippen LogP contribution in [-0.4, -0.2) is 31.1 Å². The normalized spacial score (nSPS) is 9.91. The molecule has 2 N–H and O–H groups in total. The van der Waals surface area contributed by atoms with Gasteiger partial charge in [-0.2, -0.15) is 0 Å². The van der Waals surface area contributed by atoms with Gasteiger partial charge in [-0.05, 0) is 30.3 Å². The fourth-order valence-corrected chi connectivity index (χ4v) is 1.89. The lowest BCUT2D eigenvalue weighted by atomic mass is 10.1. The molecule has 2 amide bonds. The molecular weight excluding hydrogens is 286 g/mol. The summed E-state index contributed by atoms with van der Waals surface area (Å²) in [6.07, 6.45) is 0. The van der Waals surface area contributed by atoms with Gasteiger partial charge >= 0.3 is 0 Å². The van der Waals surface area contributed by atoms with Crippen molar-refractivity contribution in [2.75, 3.05) is 14.2 Å². The lowest BCUT2D eigenvalue weighted by Gasteiger charge is -2.10. The second kappa shape index (κ2) is 6.62. The van der Waals surface area contributed by atoms with Gasteiger partial charge in [-0.15, -0.1) is 0 Å². The first-order valence-electron chi connectivity index (χ1n) is 6.42. The van der Waals surface area contributed by atoms with E-state index in [0.29, 0.717) is 11.5 Å². The van der Waals surface area contributed by atoms with Crippen molar-refractivity contribution in [1.82, 2.24) is 5.32 Å². The molecule has 0 aliphatic heterocycles. The quantitative estimate of drug-likeness (QED) is 0.843. The summed E-state index contributed by atoms with van der Waals surface area (Å²) in [5.74, 6) is -0.622. The van der Waals surface area contributed by atoms with Crippen molar-refractivity contribution < 1.29 is 24.2 Å². The molecule has 0 atom stereocenters. The number of ether oxygens (including phenoxy) is 2. The Hall–Kier alpha value is -3.02. The van der Waals surface area contributed by atoms with E-state index in [0.717, 1.165) is 0 Å². The zero-order chi connectivity index (χ0) is 16.1. The fraction of sp³-hybridized carbons (Fsp3) is 0.125. The Labute approximate surface area is 127 Å². The van der Waals surface area contributed by atoms with E-state index in [1.165, 1.54) is 38.5 Å². The maximum Gasteiger partial charge on any atom is 0.261 e. The largest absolute Gasteiger partial charge is 0.507 e. The van der Waals surface area contributed by atoms with Crippen molar-refractivity contribution in [3.63, 3.8) is 0 Å². The standard InChI is InChI=1S/C16H15NO5/c1-21-13-8-7-10(9-14(13)22-2)15(19)17-16(20)11-5-3-4-6-12(11)18/h3-9,18H,1-2H3,(H,17,19,20). The van der Waals surface area contributed by atoms with Crippen molar-refractivity contribution in [2.45, 2.75) is 0 Å². The van der Waals surface area contributed by atoms with E-state index in [-0.39, 0.29) is 16.9 Å². The fourth-order valence-electron chi connectivity index (χ4n) is 1.89. The smallest absolute Gasteiger partial charge is 0.261 e. The molecule has 0 bridgehead atoms. The Balaban J connectivity index is 2.19. The highest BCUT2D eigenvalue weighted by Crippen LogP contribution is 2.27. The van der Waals surface area contributed by atoms with Gasteiger partial charge < -0.3 is 14.6 Å². The van der Waals surface area contributed by atoms with E-state index in [2.05, 4.69) is 5.32 Å². The number of rotatable bonds is 4. The van der Waals surface area contributed by atoms with Gasteiger partial charge in [0, 0.05) is 5.56 Å². The number of nitrogens with one attached hydrogen (secondary N) is 1. The number of hydrogen-bond donors (Lipinski definition) is 2. The predicted octanol–water partition coefficient (Wildman–Crippen LogP) is 1.98. The highest BCUT2D eigenvalue weighted by atomic mass is 16.5. The number of hydrogen-bond acceptors (Lipinski definition) is 5. The molecule has 0 aliphatic rings. The van der Waals surface area contributed by atoms with Gasteiger partial charge in [0.25, 0.3) is 11.8 Å². The number of carbonyl (C=O) groups is 2. The Kier molecular flexibility index (Phi) is 4.63. The van der Waals surface area contributed by atoms with Gasteiger partial charge in [0.2, 0.25) is 0 Å². The number of aromatic hydroxyl groups is 1. The van der Waals surface area contributed by atoms with Gasteiger partial charge in [0.05, 0.1) is 19.8 Å². The summed E-state index contributed by atoms with van der Waals surface area (Å²) in [4.78, 5) is 24.1. The molecule has 0 saturated heterocycles. The Morgan fingerprint density at radius 2 is 1.64 bits per heavy atom. The number of carbonyl (C=O) groups excluding carboxylic acids is 2. The van der Waals surface area contributed by atoms with Crippen LogP contribution < -0.4 is 14.8 Å². The third kappa shape index (κ3) is 3.17. The summed E-state index contributed by atoms with van der Waals surface area (Å²) in [6.45, 7) is 0. The van der Waals surface area contributed by atoms with E-state index in [9.17, 15) is 14.7 Å². The topological polar surface area (TPSA) is 84.9 Å². The second-order valence-electron chi connectivity index (χ2n) is 4.37. The monoisotopic (exact) mass is 301 g/mol. The number of amides is 2. The van der Waals surface area contributed by atoms with Crippen molar-refractivity contribution in [3.05, 3.63) is 53.6 Å². The maximum absolute atomic E-state index is 12.1. The average molecular weight is 301 g/mol. The van der Waals surface area contributed by atoms with Gasteiger partial charge in [-0.25, -0.2) is 0 Å². The Morgan fingerprint density at radius 1 is 0.955 bits per heavy atom. The molecule has 0 spiro atoms. The van der Waals surface area contributed by atoms with Crippen LogP contribution in [0.15, 0.2) is 42.5 Å². The third-order valence-electron chi connectivity index (χ3n) is 3.02. The van der Waals surface area contributed by atoms with Crippen molar-refractivity contribution in [2.24, 2.45) is 0 Å². The van der Waals surface area contributed by atoms with Crippen LogP contribution in [0.2, 0.25) is 0 Å². The lowest BCUT2D eigenvalue weighted by molar-refractivity contribution is 0.0848. The molecule has 2 aromatic rings. The van der Waals surface area contributed by atoms with Crippen LogP contribution in [0.4, 0.5) is 0 Å². The minimum atomic E-state index is -0.683. The predicted molar refractivity (Wildman–Crippen MR) is 79.4 cm³/mol. The molecule has 22 heavy (non-hydrogen) atoms. The Morgan fingerprint density at radius 3 is 2.27 bits per heavy atom. The molecule has 0 unspecified atom stereocenters. The highest BCUT2D eigenvalue weighted by molar-refractivity contribution is 6.11. The first-order valence-corrected chi connectivity index (χ1v) is 6.42. The summed E-state index contributed by atoms with van der Waals surface area (Å²) < 4.78 is 10.2. The summed E-state index contributed by atoms with van der Waals surface area (Å²) in [5, 5.41) is 11.8. The zero-order valence-corrected chi connectivity index (χ0v) is 12.1. The average Bonchev–Trinajstić information content (AvgIpc) is 2.54. The Bertz CT molecular complexity index is 711. The summed E-state index contributed by atoms with van der Waals surface area (Å²) in [5.41, 5.74) is 0.262.